The van der Waals surface area contributed by atoms with Gasteiger partial charge in [0, 0.05) is 12.3 Å². The van der Waals surface area contributed by atoms with Crippen LogP contribution in [-0.4, -0.2) is 18.4 Å². The molecule has 0 aliphatic rings. The molecule has 0 heterocycles. The normalized spacial score (nSPS) is 10.6. The zero-order valence-electron chi connectivity index (χ0n) is 12.3. The van der Waals surface area contributed by atoms with Crippen LogP contribution in [0.4, 0.5) is 0 Å². The van der Waals surface area contributed by atoms with Gasteiger partial charge in [-0.15, -0.1) is 0 Å². The third-order valence-electron chi connectivity index (χ3n) is 3.10. The lowest BCUT2D eigenvalue weighted by Crippen LogP contribution is -2.14. The Balaban J connectivity index is 2.11. The predicted molar refractivity (Wildman–Crippen MR) is 92.2 cm³/mol. The van der Waals surface area contributed by atoms with Crippen LogP contribution in [0.15, 0.2) is 65.7 Å². The minimum Gasteiger partial charge on any atom is -0.295 e. The molecule has 0 aromatic heterocycles. The fourth-order valence-corrected chi connectivity index (χ4v) is 4.49. The Kier molecular flexibility index (Phi) is 5.95. The van der Waals surface area contributed by atoms with Gasteiger partial charge in [0.1, 0.15) is 0 Å². The summed E-state index contributed by atoms with van der Waals surface area (Å²) in [6, 6.07) is 21.8. The summed E-state index contributed by atoms with van der Waals surface area (Å²) < 4.78 is 0. The van der Waals surface area contributed by atoms with Crippen molar-refractivity contribution in [1.82, 2.24) is 0 Å². The Morgan fingerprint density at radius 2 is 1.35 bits per heavy atom. The van der Waals surface area contributed by atoms with Crippen molar-refractivity contribution in [2.75, 3.05) is 12.7 Å². The van der Waals surface area contributed by atoms with E-state index in [0.717, 1.165) is 13.0 Å². The summed E-state index contributed by atoms with van der Waals surface area (Å²) in [7, 11) is -0.251. The number of hydrogen-bond donors (Lipinski definition) is 0. The van der Waals surface area contributed by atoms with Gasteiger partial charge in [-0.3, -0.25) is 4.99 Å². The van der Waals surface area contributed by atoms with Gasteiger partial charge in [0.25, 0.3) is 0 Å². The lowest BCUT2D eigenvalue weighted by molar-refractivity contribution is 0.938. The molecule has 0 aliphatic heterocycles. The maximum atomic E-state index is 4.51. The molecule has 2 rings (SSSR count). The van der Waals surface area contributed by atoms with Gasteiger partial charge in [-0.05, 0) is 45.0 Å². The van der Waals surface area contributed by atoms with E-state index >= 15 is 0 Å². The van der Waals surface area contributed by atoms with Gasteiger partial charge in [0.2, 0.25) is 0 Å². The summed E-state index contributed by atoms with van der Waals surface area (Å²) in [6.07, 6.45) is 2.36. The highest BCUT2D eigenvalue weighted by Crippen LogP contribution is 2.33. The average Bonchev–Trinajstić information content (AvgIpc) is 2.49. The Morgan fingerprint density at radius 1 is 0.850 bits per heavy atom. The standard InChI is InChI=1S/C18H22NP/c1-16(2)19-14-9-15-20(17-10-5-3-6-11-17)18-12-7-4-8-13-18/h3-8,10-13H,9,14-15H2,1-2H3. The topological polar surface area (TPSA) is 12.4 Å². The Bertz CT molecular complexity index is 490. The van der Waals surface area contributed by atoms with Crippen molar-refractivity contribution < 1.29 is 0 Å². The molecule has 0 aliphatic carbocycles. The van der Waals surface area contributed by atoms with Crippen molar-refractivity contribution in [3.8, 4) is 0 Å². The maximum absolute atomic E-state index is 4.51. The third-order valence-corrected chi connectivity index (χ3v) is 5.71. The smallest absolute Gasteiger partial charge is 0.0391 e. The van der Waals surface area contributed by atoms with Crippen molar-refractivity contribution >= 4 is 24.2 Å². The Morgan fingerprint density at radius 3 is 1.80 bits per heavy atom. The molecule has 0 saturated heterocycles. The van der Waals surface area contributed by atoms with Crippen LogP contribution in [0.5, 0.6) is 0 Å². The Hall–Kier alpha value is -1.46. The second-order valence-corrected chi connectivity index (χ2v) is 7.34. The first-order chi connectivity index (χ1) is 9.77. The fourth-order valence-electron chi connectivity index (χ4n) is 2.15. The van der Waals surface area contributed by atoms with E-state index in [4.69, 9.17) is 0 Å². The Labute approximate surface area is 123 Å². The minimum atomic E-state index is -0.251. The largest absolute Gasteiger partial charge is 0.295 e. The van der Waals surface area contributed by atoms with Gasteiger partial charge in [-0.25, -0.2) is 0 Å². The number of nitrogens with zero attached hydrogens (tertiary/aromatic N) is 1. The molecule has 104 valence electrons. The second-order valence-electron chi connectivity index (χ2n) is 5.01. The highest BCUT2D eigenvalue weighted by molar-refractivity contribution is 7.73. The lowest BCUT2D eigenvalue weighted by Gasteiger charge is -2.18. The summed E-state index contributed by atoms with van der Waals surface area (Å²) >= 11 is 0. The van der Waals surface area contributed by atoms with Crippen LogP contribution < -0.4 is 10.6 Å². The molecule has 2 aromatic rings. The van der Waals surface area contributed by atoms with E-state index in [1.807, 2.05) is 0 Å². The van der Waals surface area contributed by atoms with Crippen LogP contribution in [0.1, 0.15) is 20.3 Å². The van der Waals surface area contributed by atoms with Crippen LogP contribution in [0.3, 0.4) is 0 Å². The molecule has 0 radical (unpaired) electrons. The van der Waals surface area contributed by atoms with Crippen LogP contribution in [0.25, 0.3) is 0 Å². The summed E-state index contributed by atoms with van der Waals surface area (Å²) in [4.78, 5) is 4.51. The number of rotatable bonds is 6. The molecular weight excluding hydrogens is 261 g/mol. The predicted octanol–water partition coefficient (Wildman–Crippen LogP) is 3.99. The van der Waals surface area contributed by atoms with Crippen molar-refractivity contribution in [1.29, 1.82) is 0 Å². The van der Waals surface area contributed by atoms with Crippen LogP contribution in [0, 0.1) is 0 Å². The van der Waals surface area contributed by atoms with Crippen molar-refractivity contribution in [3.05, 3.63) is 60.7 Å². The van der Waals surface area contributed by atoms with E-state index in [2.05, 4.69) is 79.5 Å². The molecule has 0 fully saturated rings. The lowest BCUT2D eigenvalue weighted by atomic mass is 10.4. The minimum absolute atomic E-state index is 0.251. The molecule has 2 aromatic carbocycles. The molecule has 0 saturated carbocycles. The van der Waals surface area contributed by atoms with Crippen molar-refractivity contribution in [3.63, 3.8) is 0 Å². The number of benzene rings is 2. The van der Waals surface area contributed by atoms with Crippen LogP contribution in [0.2, 0.25) is 0 Å². The summed E-state index contributed by atoms with van der Waals surface area (Å²) in [5, 5.41) is 2.93. The first kappa shape index (κ1) is 14.9. The van der Waals surface area contributed by atoms with E-state index < -0.39 is 0 Å². The molecule has 0 spiro atoms. The first-order valence-corrected chi connectivity index (χ1v) is 8.65. The first-order valence-electron chi connectivity index (χ1n) is 7.12. The van der Waals surface area contributed by atoms with E-state index in [1.165, 1.54) is 22.5 Å². The summed E-state index contributed by atoms with van der Waals surface area (Å²) in [5.74, 6) is 0. The highest BCUT2D eigenvalue weighted by atomic mass is 31.1. The molecular formula is C18H22NP. The zero-order valence-corrected chi connectivity index (χ0v) is 13.2. The summed E-state index contributed by atoms with van der Waals surface area (Å²) in [5.41, 5.74) is 1.17. The molecule has 1 nitrogen and oxygen atoms in total. The van der Waals surface area contributed by atoms with Gasteiger partial charge in [-0.2, -0.15) is 0 Å². The molecule has 0 atom stereocenters. The molecule has 0 N–H and O–H groups in total. The average molecular weight is 283 g/mol. The maximum Gasteiger partial charge on any atom is 0.0391 e. The SMILES string of the molecule is CC(C)=NCCCP(c1ccccc1)c1ccccc1. The van der Waals surface area contributed by atoms with E-state index in [-0.39, 0.29) is 7.92 Å². The number of hydrogen-bond acceptors (Lipinski definition) is 1. The van der Waals surface area contributed by atoms with Gasteiger partial charge >= 0.3 is 0 Å². The quantitative estimate of drug-likeness (QED) is 0.432. The van der Waals surface area contributed by atoms with E-state index in [0.29, 0.717) is 0 Å². The van der Waals surface area contributed by atoms with Gasteiger partial charge in [0.15, 0.2) is 0 Å². The van der Waals surface area contributed by atoms with Crippen molar-refractivity contribution in [2.24, 2.45) is 4.99 Å². The van der Waals surface area contributed by atoms with E-state index in [9.17, 15) is 0 Å². The monoisotopic (exact) mass is 283 g/mol. The molecule has 0 unspecified atom stereocenters. The van der Waals surface area contributed by atoms with Crippen molar-refractivity contribution in [2.45, 2.75) is 20.3 Å². The molecule has 0 bridgehead atoms. The van der Waals surface area contributed by atoms with E-state index in [1.54, 1.807) is 0 Å². The summed E-state index contributed by atoms with van der Waals surface area (Å²) in [6.45, 7) is 5.08. The van der Waals surface area contributed by atoms with Gasteiger partial charge < -0.3 is 0 Å². The number of aliphatic imine (C=N–C) groups is 1. The third kappa shape index (κ3) is 4.58. The second kappa shape index (κ2) is 7.97. The fraction of sp³-hybridized carbons (Fsp3) is 0.278. The van der Waals surface area contributed by atoms with Crippen LogP contribution in [-0.2, 0) is 0 Å². The molecule has 20 heavy (non-hydrogen) atoms. The molecule has 0 amide bonds. The molecule has 2 heteroatoms. The van der Waals surface area contributed by atoms with Crippen LogP contribution >= 0.6 is 7.92 Å². The van der Waals surface area contributed by atoms with Gasteiger partial charge in [0.05, 0.1) is 0 Å². The zero-order chi connectivity index (χ0) is 14.2. The highest BCUT2D eigenvalue weighted by Gasteiger charge is 2.12. The van der Waals surface area contributed by atoms with Gasteiger partial charge in [-0.1, -0.05) is 60.7 Å².